The van der Waals surface area contributed by atoms with Crippen molar-refractivity contribution in [1.29, 1.82) is 0 Å². The summed E-state index contributed by atoms with van der Waals surface area (Å²) in [4.78, 5) is 8.68. The van der Waals surface area contributed by atoms with Gasteiger partial charge in [-0.25, -0.2) is 18.7 Å². The van der Waals surface area contributed by atoms with Crippen LogP contribution in [0.1, 0.15) is 90.2 Å². The molecule has 0 bridgehead atoms. The Hall–Kier alpha value is -1.84. The minimum atomic E-state index is -0.624. The minimum Gasteiger partial charge on any atom is -0.236 e. The molecule has 1 heterocycles. The summed E-state index contributed by atoms with van der Waals surface area (Å²) in [7, 11) is 0. The molecule has 0 amide bonds. The van der Waals surface area contributed by atoms with Crippen molar-refractivity contribution in [2.24, 2.45) is 0 Å². The van der Waals surface area contributed by atoms with E-state index in [0.29, 0.717) is 5.82 Å². The predicted molar refractivity (Wildman–Crippen MR) is 112 cm³/mol. The standard InChI is InChI=1S/C24H34F2N2/c1-5-6-7-8-9-10-11-12-13-18-16-27-23(28-17-18)19-14-15-20(25)21(22(19)26)24(2,3)4/h14-17H,5-13H2,1-4H3. The van der Waals surface area contributed by atoms with E-state index in [-0.39, 0.29) is 11.1 Å². The molecule has 0 saturated heterocycles. The van der Waals surface area contributed by atoms with Crippen molar-refractivity contribution < 1.29 is 8.78 Å². The van der Waals surface area contributed by atoms with Crippen molar-refractivity contribution in [1.82, 2.24) is 9.97 Å². The third kappa shape index (κ3) is 6.35. The Morgan fingerprint density at radius 2 is 1.39 bits per heavy atom. The van der Waals surface area contributed by atoms with Gasteiger partial charge in [0.25, 0.3) is 0 Å². The number of nitrogens with zero attached hydrogens (tertiary/aromatic N) is 2. The molecule has 154 valence electrons. The van der Waals surface area contributed by atoms with Gasteiger partial charge in [0.15, 0.2) is 5.82 Å². The lowest BCUT2D eigenvalue weighted by molar-refractivity contribution is 0.477. The molecule has 1 aromatic heterocycles. The number of unbranched alkanes of at least 4 members (excludes halogenated alkanes) is 7. The minimum absolute atomic E-state index is 0.0802. The summed E-state index contributed by atoms with van der Waals surface area (Å²) < 4.78 is 29.0. The van der Waals surface area contributed by atoms with Crippen molar-refractivity contribution >= 4 is 0 Å². The highest BCUT2D eigenvalue weighted by Gasteiger charge is 2.26. The zero-order valence-corrected chi connectivity index (χ0v) is 17.8. The summed E-state index contributed by atoms with van der Waals surface area (Å²) in [6, 6.07) is 2.73. The summed E-state index contributed by atoms with van der Waals surface area (Å²) in [5.41, 5.74) is 0.774. The van der Waals surface area contributed by atoms with Gasteiger partial charge in [-0.05, 0) is 36.0 Å². The maximum Gasteiger partial charge on any atom is 0.162 e. The molecule has 0 unspecified atom stereocenters. The van der Waals surface area contributed by atoms with Gasteiger partial charge in [-0.1, -0.05) is 72.6 Å². The van der Waals surface area contributed by atoms with Crippen molar-refractivity contribution in [3.05, 3.63) is 47.3 Å². The molecule has 0 atom stereocenters. The number of hydrogen-bond acceptors (Lipinski definition) is 2. The normalized spacial score (nSPS) is 11.8. The molecule has 0 spiro atoms. The monoisotopic (exact) mass is 388 g/mol. The van der Waals surface area contributed by atoms with Crippen LogP contribution in [0.25, 0.3) is 11.4 Å². The van der Waals surface area contributed by atoms with E-state index in [4.69, 9.17) is 0 Å². The Kier molecular flexibility index (Phi) is 8.53. The van der Waals surface area contributed by atoms with E-state index < -0.39 is 17.0 Å². The molecule has 0 aliphatic carbocycles. The quantitative estimate of drug-likeness (QED) is 0.396. The second-order valence-corrected chi connectivity index (χ2v) is 8.67. The molecule has 0 aliphatic heterocycles. The van der Waals surface area contributed by atoms with Crippen LogP contribution in [0.2, 0.25) is 0 Å². The molecular weight excluding hydrogens is 354 g/mol. The first-order chi connectivity index (χ1) is 13.3. The fourth-order valence-electron chi connectivity index (χ4n) is 3.50. The first kappa shape index (κ1) is 22.4. The van der Waals surface area contributed by atoms with Gasteiger partial charge in [-0.15, -0.1) is 0 Å². The lowest BCUT2D eigenvalue weighted by Gasteiger charge is -2.21. The number of halogens is 2. The van der Waals surface area contributed by atoms with E-state index in [1.165, 1.54) is 57.1 Å². The van der Waals surface area contributed by atoms with Gasteiger partial charge < -0.3 is 0 Å². The molecule has 0 radical (unpaired) electrons. The van der Waals surface area contributed by atoms with Crippen LogP contribution in [-0.4, -0.2) is 9.97 Å². The first-order valence-corrected chi connectivity index (χ1v) is 10.6. The summed E-state index contributed by atoms with van der Waals surface area (Å²) in [5, 5.41) is 0. The maximum atomic E-state index is 14.9. The molecular formula is C24H34F2N2. The zero-order chi connectivity index (χ0) is 20.6. The lowest BCUT2D eigenvalue weighted by atomic mass is 9.85. The second kappa shape index (κ2) is 10.6. The summed E-state index contributed by atoms with van der Waals surface area (Å²) in [6.45, 7) is 7.63. The van der Waals surface area contributed by atoms with Crippen molar-refractivity contribution in [3.63, 3.8) is 0 Å². The van der Waals surface area contributed by atoms with Crippen molar-refractivity contribution in [2.75, 3.05) is 0 Å². The van der Waals surface area contributed by atoms with Crippen LogP contribution in [0, 0.1) is 11.6 Å². The fourth-order valence-corrected chi connectivity index (χ4v) is 3.50. The second-order valence-electron chi connectivity index (χ2n) is 8.67. The largest absolute Gasteiger partial charge is 0.236 e. The summed E-state index contributed by atoms with van der Waals surface area (Å²) >= 11 is 0. The van der Waals surface area contributed by atoms with Crippen LogP contribution < -0.4 is 0 Å². The molecule has 0 saturated carbocycles. The van der Waals surface area contributed by atoms with Gasteiger partial charge in [0.05, 0.1) is 5.56 Å². The zero-order valence-electron chi connectivity index (χ0n) is 17.8. The predicted octanol–water partition coefficient (Wildman–Crippen LogP) is 7.40. The maximum absolute atomic E-state index is 14.9. The Labute approximate surface area is 168 Å². The topological polar surface area (TPSA) is 25.8 Å². The number of aryl methyl sites for hydroxylation is 1. The van der Waals surface area contributed by atoms with Crippen LogP contribution in [0.4, 0.5) is 8.78 Å². The molecule has 0 aliphatic rings. The summed E-state index contributed by atoms with van der Waals surface area (Å²) in [6.07, 6.45) is 14.7. The van der Waals surface area contributed by atoms with Gasteiger partial charge >= 0.3 is 0 Å². The molecule has 4 heteroatoms. The highest BCUT2D eigenvalue weighted by atomic mass is 19.1. The smallest absolute Gasteiger partial charge is 0.162 e. The van der Waals surface area contributed by atoms with E-state index >= 15 is 0 Å². The third-order valence-electron chi connectivity index (χ3n) is 5.11. The Balaban J connectivity index is 1.93. The van der Waals surface area contributed by atoms with Gasteiger partial charge in [-0.3, -0.25) is 0 Å². The molecule has 0 fully saturated rings. The van der Waals surface area contributed by atoms with Crippen LogP contribution in [-0.2, 0) is 11.8 Å². The molecule has 28 heavy (non-hydrogen) atoms. The highest BCUT2D eigenvalue weighted by Crippen LogP contribution is 2.32. The van der Waals surface area contributed by atoms with E-state index in [1.54, 1.807) is 33.2 Å². The van der Waals surface area contributed by atoms with Crippen LogP contribution >= 0.6 is 0 Å². The van der Waals surface area contributed by atoms with Crippen LogP contribution in [0.3, 0.4) is 0 Å². The highest BCUT2D eigenvalue weighted by molar-refractivity contribution is 5.58. The van der Waals surface area contributed by atoms with Gasteiger partial charge in [-0.2, -0.15) is 0 Å². The average molecular weight is 389 g/mol. The van der Waals surface area contributed by atoms with Crippen molar-refractivity contribution in [2.45, 2.75) is 90.9 Å². The fraction of sp³-hybridized carbons (Fsp3) is 0.583. The molecule has 2 nitrogen and oxygen atoms in total. The molecule has 2 rings (SSSR count). The van der Waals surface area contributed by atoms with Crippen molar-refractivity contribution in [3.8, 4) is 11.4 Å². The van der Waals surface area contributed by atoms with E-state index in [2.05, 4.69) is 16.9 Å². The number of hydrogen-bond donors (Lipinski definition) is 0. The third-order valence-corrected chi connectivity index (χ3v) is 5.11. The van der Waals surface area contributed by atoms with E-state index in [0.717, 1.165) is 18.4 Å². The lowest BCUT2D eigenvalue weighted by Crippen LogP contribution is -2.17. The first-order valence-electron chi connectivity index (χ1n) is 10.6. The molecule has 2 aromatic rings. The van der Waals surface area contributed by atoms with E-state index in [9.17, 15) is 8.78 Å². The molecule has 0 N–H and O–H groups in total. The van der Waals surface area contributed by atoms with Crippen LogP contribution in [0.5, 0.6) is 0 Å². The van der Waals surface area contributed by atoms with Gasteiger partial charge in [0.2, 0.25) is 0 Å². The Morgan fingerprint density at radius 1 is 0.821 bits per heavy atom. The summed E-state index contributed by atoms with van der Waals surface area (Å²) in [5.74, 6) is -0.786. The van der Waals surface area contributed by atoms with Gasteiger partial charge in [0, 0.05) is 18.0 Å². The number of aromatic nitrogens is 2. The Bertz CT molecular complexity index is 734. The average Bonchev–Trinajstić information content (AvgIpc) is 2.64. The van der Waals surface area contributed by atoms with Crippen LogP contribution in [0.15, 0.2) is 24.5 Å². The molecule has 1 aromatic carbocycles. The Morgan fingerprint density at radius 3 is 1.96 bits per heavy atom. The number of benzene rings is 1. The SMILES string of the molecule is CCCCCCCCCCc1cnc(-c2ccc(F)c(C(C)(C)C)c2F)nc1. The number of rotatable bonds is 10. The van der Waals surface area contributed by atoms with E-state index in [1.807, 2.05) is 0 Å². The van der Waals surface area contributed by atoms with Gasteiger partial charge in [0.1, 0.15) is 11.6 Å².